The molecule has 6 nitrogen and oxygen atoms in total. The first-order valence-electron chi connectivity index (χ1n) is 7.74. The van der Waals surface area contributed by atoms with Gasteiger partial charge in [0.15, 0.2) is 6.10 Å². The lowest BCUT2D eigenvalue weighted by atomic mass is 10.1. The van der Waals surface area contributed by atoms with Crippen LogP contribution >= 0.6 is 11.8 Å². The number of benzene rings is 2. The van der Waals surface area contributed by atoms with Crippen LogP contribution in [0.25, 0.3) is 0 Å². The van der Waals surface area contributed by atoms with E-state index in [-0.39, 0.29) is 17.7 Å². The smallest absolute Gasteiger partial charge is 0.271 e. The van der Waals surface area contributed by atoms with Crippen molar-refractivity contribution in [2.24, 2.45) is 5.73 Å². The lowest BCUT2D eigenvalue weighted by Gasteiger charge is -2.21. The minimum absolute atomic E-state index is 0.00735. The molecule has 1 amide bonds. The Hall–Kier alpha value is -2.71. The third kappa shape index (κ3) is 4.72. The SMILES string of the molecule is COc1ccc(C(OC)C(=O)N(Cl)Cc2ccc(C(=N)N)c(F)c2)c(F)c1. The molecule has 3 N–H and O–H groups in total. The average Bonchev–Trinajstić information content (AvgIpc) is 2.63. The van der Waals surface area contributed by atoms with Crippen LogP contribution in [0.1, 0.15) is 22.8 Å². The molecular weight excluding hydrogens is 380 g/mol. The maximum Gasteiger partial charge on any atom is 0.271 e. The van der Waals surface area contributed by atoms with E-state index in [1.807, 2.05) is 0 Å². The zero-order valence-electron chi connectivity index (χ0n) is 14.6. The van der Waals surface area contributed by atoms with Crippen molar-refractivity contribution in [3.63, 3.8) is 0 Å². The zero-order chi connectivity index (χ0) is 20.1. The van der Waals surface area contributed by atoms with Crippen LogP contribution in [0.15, 0.2) is 36.4 Å². The van der Waals surface area contributed by atoms with Crippen LogP contribution in [0.2, 0.25) is 0 Å². The number of hydrogen-bond acceptors (Lipinski definition) is 4. The molecule has 144 valence electrons. The van der Waals surface area contributed by atoms with Gasteiger partial charge in [0.2, 0.25) is 0 Å². The first-order chi connectivity index (χ1) is 12.8. The number of nitrogens with one attached hydrogen (secondary N) is 1. The highest BCUT2D eigenvalue weighted by Gasteiger charge is 2.28. The molecule has 0 heterocycles. The van der Waals surface area contributed by atoms with Crippen LogP contribution in [0.3, 0.4) is 0 Å². The van der Waals surface area contributed by atoms with E-state index in [9.17, 15) is 13.6 Å². The second kappa shape index (κ2) is 8.79. The van der Waals surface area contributed by atoms with Crippen molar-refractivity contribution in [3.8, 4) is 5.75 Å². The topological polar surface area (TPSA) is 88.6 Å². The van der Waals surface area contributed by atoms with Gasteiger partial charge in [-0.15, -0.1) is 0 Å². The first-order valence-corrected chi connectivity index (χ1v) is 8.08. The zero-order valence-corrected chi connectivity index (χ0v) is 15.4. The predicted octanol–water partition coefficient (Wildman–Crippen LogP) is 3.13. The van der Waals surface area contributed by atoms with Gasteiger partial charge in [-0.3, -0.25) is 10.2 Å². The minimum atomic E-state index is -1.28. The number of carbonyl (C=O) groups is 1. The van der Waals surface area contributed by atoms with Gasteiger partial charge in [-0.05, 0) is 29.8 Å². The molecule has 0 aliphatic rings. The summed E-state index contributed by atoms with van der Waals surface area (Å²) in [7, 11) is 2.64. The van der Waals surface area contributed by atoms with Crippen LogP contribution in [0, 0.1) is 17.0 Å². The highest BCUT2D eigenvalue weighted by Crippen LogP contribution is 2.27. The molecule has 0 saturated heterocycles. The number of nitrogens with two attached hydrogens (primary N) is 1. The Morgan fingerprint density at radius 3 is 2.44 bits per heavy atom. The van der Waals surface area contributed by atoms with Gasteiger partial charge in [-0.2, -0.15) is 0 Å². The maximum absolute atomic E-state index is 14.2. The minimum Gasteiger partial charge on any atom is -0.497 e. The fraction of sp³-hybridized carbons (Fsp3) is 0.222. The molecule has 2 aromatic carbocycles. The molecule has 1 unspecified atom stereocenters. The molecular formula is C18H18ClF2N3O3. The van der Waals surface area contributed by atoms with Gasteiger partial charge >= 0.3 is 0 Å². The molecule has 27 heavy (non-hydrogen) atoms. The number of nitrogens with zero attached hydrogens (tertiary/aromatic N) is 1. The molecule has 1 atom stereocenters. The second-order valence-corrected chi connectivity index (χ2v) is 6.00. The van der Waals surface area contributed by atoms with Crippen LogP contribution in [0.5, 0.6) is 5.75 Å². The summed E-state index contributed by atoms with van der Waals surface area (Å²) in [4.78, 5) is 12.6. The Labute approximate surface area is 160 Å². The van der Waals surface area contributed by atoms with Crippen molar-refractivity contribution in [2.75, 3.05) is 14.2 Å². The molecule has 0 bridgehead atoms. The fourth-order valence-electron chi connectivity index (χ4n) is 2.45. The average molecular weight is 398 g/mol. The van der Waals surface area contributed by atoms with Gasteiger partial charge in [-0.1, -0.05) is 6.07 Å². The Bertz CT molecular complexity index is 864. The molecule has 0 spiro atoms. The summed E-state index contributed by atoms with van der Waals surface area (Å²) in [6.45, 7) is -0.160. The summed E-state index contributed by atoms with van der Waals surface area (Å²) in [5.41, 5.74) is 5.57. The third-order valence-corrected chi connectivity index (χ3v) is 4.12. The van der Waals surface area contributed by atoms with Gasteiger partial charge in [-0.25, -0.2) is 13.2 Å². The lowest BCUT2D eigenvalue weighted by molar-refractivity contribution is -0.138. The van der Waals surface area contributed by atoms with E-state index in [1.54, 1.807) is 0 Å². The Morgan fingerprint density at radius 2 is 1.93 bits per heavy atom. The number of methoxy groups -OCH3 is 2. The fourth-order valence-corrected chi connectivity index (χ4v) is 2.68. The highest BCUT2D eigenvalue weighted by molar-refractivity contribution is 6.21. The van der Waals surface area contributed by atoms with Crippen molar-refractivity contribution in [1.82, 2.24) is 4.42 Å². The second-order valence-electron chi connectivity index (χ2n) is 5.59. The summed E-state index contributed by atoms with van der Waals surface area (Å²) in [5, 5.41) is 7.27. The molecule has 0 aliphatic carbocycles. The molecule has 0 aromatic heterocycles. The number of ether oxygens (including phenoxy) is 2. The number of carbonyl (C=O) groups excluding carboxylic acids is 1. The van der Waals surface area contributed by atoms with Crippen molar-refractivity contribution < 1.29 is 23.0 Å². The summed E-state index contributed by atoms with van der Waals surface area (Å²) in [6.07, 6.45) is -1.28. The molecule has 0 aliphatic heterocycles. The largest absolute Gasteiger partial charge is 0.497 e. The van der Waals surface area contributed by atoms with Crippen molar-refractivity contribution in [1.29, 1.82) is 5.41 Å². The summed E-state index contributed by atoms with van der Waals surface area (Å²) in [5.74, 6) is -2.23. The summed E-state index contributed by atoms with van der Waals surface area (Å²) >= 11 is 6.02. The van der Waals surface area contributed by atoms with Crippen LogP contribution in [-0.2, 0) is 16.1 Å². The first kappa shape index (κ1) is 20.6. The predicted molar refractivity (Wildman–Crippen MR) is 96.5 cm³/mol. The van der Waals surface area contributed by atoms with E-state index in [4.69, 9.17) is 32.4 Å². The highest BCUT2D eigenvalue weighted by atomic mass is 35.5. The van der Waals surface area contributed by atoms with Gasteiger partial charge in [0.25, 0.3) is 5.91 Å². The van der Waals surface area contributed by atoms with E-state index >= 15 is 0 Å². The molecule has 2 aromatic rings. The Morgan fingerprint density at radius 1 is 1.22 bits per heavy atom. The third-order valence-electron chi connectivity index (χ3n) is 3.83. The van der Waals surface area contributed by atoms with Gasteiger partial charge in [0.05, 0.1) is 19.2 Å². The standard InChI is InChI=1S/C18H18ClF2N3O3/c1-26-11-4-6-12(15(21)8-11)16(27-2)18(25)24(19)9-10-3-5-13(17(22)23)14(20)7-10/h3-8,16H,9H2,1-2H3,(H3,22,23). The maximum atomic E-state index is 14.2. The van der Waals surface area contributed by atoms with E-state index in [1.165, 1.54) is 38.5 Å². The van der Waals surface area contributed by atoms with Crippen LogP contribution in [-0.4, -0.2) is 30.4 Å². The van der Waals surface area contributed by atoms with Crippen molar-refractivity contribution >= 4 is 23.5 Å². The van der Waals surface area contributed by atoms with Gasteiger partial charge in [0.1, 0.15) is 23.2 Å². The van der Waals surface area contributed by atoms with E-state index in [0.29, 0.717) is 11.3 Å². The monoisotopic (exact) mass is 397 g/mol. The number of amides is 1. The van der Waals surface area contributed by atoms with E-state index < -0.39 is 29.5 Å². The number of rotatable bonds is 7. The molecule has 0 saturated carbocycles. The molecule has 9 heteroatoms. The normalized spacial score (nSPS) is 11.7. The van der Waals surface area contributed by atoms with Gasteiger partial charge in [0, 0.05) is 30.5 Å². The number of nitrogen functional groups attached to an aromatic ring is 1. The number of hydrogen-bond donors (Lipinski definition) is 2. The van der Waals surface area contributed by atoms with Crippen molar-refractivity contribution in [3.05, 3.63) is 64.7 Å². The van der Waals surface area contributed by atoms with Gasteiger partial charge < -0.3 is 15.2 Å². The summed E-state index contributed by atoms with van der Waals surface area (Å²) in [6, 6.07) is 7.91. The number of amidine groups is 1. The van der Waals surface area contributed by atoms with E-state index in [0.717, 1.165) is 16.6 Å². The number of halogens is 3. The summed E-state index contributed by atoms with van der Waals surface area (Å²) < 4.78 is 39.0. The molecule has 0 fully saturated rings. The van der Waals surface area contributed by atoms with E-state index in [2.05, 4.69) is 0 Å². The Balaban J connectivity index is 2.19. The molecule has 0 radical (unpaired) electrons. The van der Waals surface area contributed by atoms with Crippen molar-refractivity contribution in [2.45, 2.75) is 12.6 Å². The Kier molecular flexibility index (Phi) is 6.70. The van der Waals surface area contributed by atoms with Crippen LogP contribution < -0.4 is 10.5 Å². The molecule has 2 rings (SSSR count). The van der Waals surface area contributed by atoms with Crippen LogP contribution in [0.4, 0.5) is 8.78 Å². The quantitative estimate of drug-likeness (QED) is 0.427. The lowest BCUT2D eigenvalue weighted by Crippen LogP contribution is -2.29.